The summed E-state index contributed by atoms with van der Waals surface area (Å²) in [4.78, 5) is 2.33. The molecule has 0 aromatic heterocycles. The van der Waals surface area contributed by atoms with Gasteiger partial charge in [0.2, 0.25) is 0 Å². The summed E-state index contributed by atoms with van der Waals surface area (Å²) in [6, 6.07) is 0. The van der Waals surface area contributed by atoms with Crippen molar-refractivity contribution >= 4 is 11.8 Å². The average molecular weight is 212 g/mol. The molecule has 14 heavy (non-hydrogen) atoms. The molecular formula is C9H16N4S. The van der Waals surface area contributed by atoms with E-state index >= 15 is 0 Å². The summed E-state index contributed by atoms with van der Waals surface area (Å²) in [6.45, 7) is 6.91. The van der Waals surface area contributed by atoms with E-state index in [0.29, 0.717) is 0 Å². The van der Waals surface area contributed by atoms with Gasteiger partial charge in [-0.05, 0) is 12.5 Å². The Morgan fingerprint density at radius 3 is 2.93 bits per heavy atom. The fraction of sp³-hybridized carbons (Fsp3) is 0.556. The van der Waals surface area contributed by atoms with E-state index in [1.165, 1.54) is 10.7 Å². The third-order valence-corrected chi connectivity index (χ3v) is 3.37. The van der Waals surface area contributed by atoms with E-state index in [1.807, 2.05) is 12.5 Å². The van der Waals surface area contributed by atoms with Crippen LogP contribution in [0.4, 0.5) is 0 Å². The third kappa shape index (κ3) is 1.63. The van der Waals surface area contributed by atoms with Gasteiger partial charge in [0.1, 0.15) is 5.03 Å². The predicted octanol–water partition coefficient (Wildman–Crippen LogP) is 0.645. The minimum Gasteiger partial charge on any atom is -0.299 e. The van der Waals surface area contributed by atoms with Gasteiger partial charge in [0.15, 0.2) is 0 Å². The molecule has 0 amide bonds. The Morgan fingerprint density at radius 2 is 2.21 bits per heavy atom. The van der Waals surface area contributed by atoms with Gasteiger partial charge < -0.3 is 0 Å². The maximum absolute atomic E-state index is 3.76. The fourth-order valence-corrected chi connectivity index (χ4v) is 2.43. The zero-order chi connectivity index (χ0) is 10.1. The minimum absolute atomic E-state index is 1.01. The Morgan fingerprint density at radius 1 is 1.43 bits per heavy atom. The molecule has 2 rings (SSSR count). The monoisotopic (exact) mass is 212 g/mol. The Labute approximate surface area is 89.2 Å². The normalized spacial score (nSPS) is 23.0. The molecule has 0 spiro atoms. The molecule has 2 aliphatic rings. The van der Waals surface area contributed by atoms with E-state index in [0.717, 1.165) is 19.6 Å². The van der Waals surface area contributed by atoms with Crippen molar-refractivity contribution in [3.05, 3.63) is 22.7 Å². The molecule has 2 aliphatic heterocycles. The Hall–Kier alpha value is -0.650. The van der Waals surface area contributed by atoms with E-state index in [1.54, 1.807) is 11.8 Å². The standard InChI is InChI=1S/C9H16N4S/c1-4-14-9-8-7-11(2)5-6-13(8)10-12(9)3/h4,10H,1,5-7H2,2-3H3. The number of thioether (sulfide) groups is 1. The first kappa shape index (κ1) is 9.89. The summed E-state index contributed by atoms with van der Waals surface area (Å²) in [5, 5.41) is 7.40. The lowest BCUT2D eigenvalue weighted by molar-refractivity contribution is 0.107. The van der Waals surface area contributed by atoms with Crippen LogP contribution in [0.15, 0.2) is 22.7 Å². The molecule has 78 valence electrons. The van der Waals surface area contributed by atoms with Crippen LogP contribution in [0.5, 0.6) is 0 Å². The SMILES string of the molecule is C=CSC1=C2CN(C)CCN2NN1C. The zero-order valence-corrected chi connectivity index (χ0v) is 9.47. The number of hydrogen-bond acceptors (Lipinski definition) is 5. The van der Waals surface area contributed by atoms with Crippen LogP contribution in [0.25, 0.3) is 0 Å². The molecule has 0 aromatic carbocycles. The van der Waals surface area contributed by atoms with Gasteiger partial charge in [0.05, 0.1) is 5.70 Å². The van der Waals surface area contributed by atoms with Crippen molar-refractivity contribution in [1.29, 1.82) is 0 Å². The van der Waals surface area contributed by atoms with Crippen molar-refractivity contribution in [2.45, 2.75) is 0 Å². The second kappa shape index (κ2) is 3.84. The molecule has 0 unspecified atom stereocenters. The highest BCUT2D eigenvalue weighted by Crippen LogP contribution is 2.30. The van der Waals surface area contributed by atoms with Crippen molar-refractivity contribution in [1.82, 2.24) is 20.5 Å². The summed E-state index contributed by atoms with van der Waals surface area (Å²) < 4.78 is 0. The number of rotatable bonds is 2. The van der Waals surface area contributed by atoms with Crippen LogP contribution in [-0.4, -0.2) is 48.6 Å². The number of hydrazine groups is 2. The molecule has 1 saturated heterocycles. The van der Waals surface area contributed by atoms with Crippen LogP contribution in [0.1, 0.15) is 0 Å². The topological polar surface area (TPSA) is 21.8 Å². The molecule has 0 aromatic rings. The highest BCUT2D eigenvalue weighted by atomic mass is 32.2. The zero-order valence-electron chi connectivity index (χ0n) is 8.66. The van der Waals surface area contributed by atoms with Crippen LogP contribution in [0.3, 0.4) is 0 Å². The number of nitrogens with one attached hydrogen (secondary N) is 1. The molecule has 5 heteroatoms. The summed E-state index contributed by atoms with van der Waals surface area (Å²) in [5.41, 5.74) is 4.66. The second-order valence-electron chi connectivity index (χ2n) is 3.58. The summed E-state index contributed by atoms with van der Waals surface area (Å²) in [6.07, 6.45) is 0. The Balaban J connectivity index is 2.22. The van der Waals surface area contributed by atoms with Crippen LogP contribution in [-0.2, 0) is 0 Å². The smallest absolute Gasteiger partial charge is 0.113 e. The highest BCUT2D eigenvalue weighted by Gasteiger charge is 2.29. The molecule has 0 atom stereocenters. The van der Waals surface area contributed by atoms with Crippen molar-refractivity contribution in [2.24, 2.45) is 0 Å². The van der Waals surface area contributed by atoms with Gasteiger partial charge in [0.25, 0.3) is 0 Å². The van der Waals surface area contributed by atoms with Gasteiger partial charge in [-0.3, -0.25) is 14.9 Å². The van der Waals surface area contributed by atoms with E-state index < -0.39 is 0 Å². The lowest BCUT2D eigenvalue weighted by Crippen LogP contribution is -2.47. The Kier molecular flexibility index (Phi) is 2.71. The molecule has 1 N–H and O–H groups in total. The highest BCUT2D eigenvalue weighted by molar-refractivity contribution is 8.05. The molecule has 0 saturated carbocycles. The van der Waals surface area contributed by atoms with Crippen molar-refractivity contribution in [3.63, 3.8) is 0 Å². The van der Waals surface area contributed by atoms with E-state index in [4.69, 9.17) is 0 Å². The molecule has 0 aliphatic carbocycles. The van der Waals surface area contributed by atoms with E-state index in [2.05, 4.69) is 34.1 Å². The molecule has 2 heterocycles. The average Bonchev–Trinajstić information content (AvgIpc) is 2.45. The summed E-state index contributed by atoms with van der Waals surface area (Å²) in [7, 11) is 4.19. The van der Waals surface area contributed by atoms with Gasteiger partial charge in [-0.1, -0.05) is 18.3 Å². The van der Waals surface area contributed by atoms with Crippen molar-refractivity contribution in [3.8, 4) is 0 Å². The summed E-state index contributed by atoms with van der Waals surface area (Å²) >= 11 is 1.67. The van der Waals surface area contributed by atoms with Crippen LogP contribution in [0, 0.1) is 0 Å². The molecule has 0 radical (unpaired) electrons. The molecule has 0 bridgehead atoms. The first-order valence-electron chi connectivity index (χ1n) is 4.69. The number of hydrogen-bond donors (Lipinski definition) is 1. The van der Waals surface area contributed by atoms with Gasteiger partial charge in [0, 0.05) is 26.7 Å². The van der Waals surface area contributed by atoms with E-state index in [9.17, 15) is 0 Å². The largest absolute Gasteiger partial charge is 0.299 e. The van der Waals surface area contributed by atoms with E-state index in [-0.39, 0.29) is 0 Å². The Bertz CT molecular complexity index is 276. The van der Waals surface area contributed by atoms with Crippen LogP contribution < -0.4 is 5.53 Å². The lowest BCUT2D eigenvalue weighted by Gasteiger charge is -2.32. The van der Waals surface area contributed by atoms with Gasteiger partial charge >= 0.3 is 0 Å². The first-order chi connectivity index (χ1) is 6.72. The van der Waals surface area contributed by atoms with Crippen molar-refractivity contribution < 1.29 is 0 Å². The second-order valence-corrected chi connectivity index (χ2v) is 4.54. The maximum atomic E-state index is 3.76. The lowest BCUT2D eigenvalue weighted by atomic mass is 10.3. The third-order valence-electron chi connectivity index (χ3n) is 2.47. The fourth-order valence-electron chi connectivity index (χ4n) is 1.77. The van der Waals surface area contributed by atoms with Gasteiger partial charge in [-0.25, -0.2) is 0 Å². The van der Waals surface area contributed by atoms with Crippen LogP contribution in [0.2, 0.25) is 0 Å². The maximum Gasteiger partial charge on any atom is 0.113 e. The first-order valence-corrected chi connectivity index (χ1v) is 5.57. The molecular weight excluding hydrogens is 196 g/mol. The molecule has 1 fully saturated rings. The minimum atomic E-state index is 1.01. The van der Waals surface area contributed by atoms with Gasteiger partial charge in [-0.15, -0.1) is 5.53 Å². The number of piperazine rings is 1. The summed E-state index contributed by atoms with van der Waals surface area (Å²) in [5.74, 6) is 0. The quantitative estimate of drug-likeness (QED) is 0.723. The van der Waals surface area contributed by atoms with Crippen molar-refractivity contribution in [2.75, 3.05) is 33.7 Å². The molecule has 4 nitrogen and oxygen atoms in total. The van der Waals surface area contributed by atoms with Crippen LogP contribution >= 0.6 is 11.8 Å². The van der Waals surface area contributed by atoms with Gasteiger partial charge in [-0.2, -0.15) is 0 Å². The number of likely N-dealkylation sites (N-methyl/N-ethyl adjacent to an activating group) is 1. The number of nitrogens with zero attached hydrogens (tertiary/aromatic N) is 3. The predicted molar refractivity (Wildman–Crippen MR) is 59.9 cm³/mol. The number of fused-ring (bicyclic) bond motifs is 1.